The number of carbonyl (C=O) groups excluding carboxylic acids is 2. The molecule has 9 nitrogen and oxygen atoms in total. The molecule has 0 aliphatic heterocycles. The minimum atomic E-state index is -4.62. The third-order valence-electron chi connectivity index (χ3n) is 15.1. The highest BCUT2D eigenvalue weighted by Gasteiger charge is 2.58. The third-order valence-corrected chi connectivity index (χ3v) is 15.4. The number of ether oxygens (including phenoxy) is 3. The van der Waals surface area contributed by atoms with Gasteiger partial charge in [0.05, 0.1) is 49.6 Å². The Balaban J connectivity index is 1.30. The van der Waals surface area contributed by atoms with E-state index >= 15 is 0 Å². The Hall–Kier alpha value is -4.78. The summed E-state index contributed by atoms with van der Waals surface area (Å²) in [7, 11) is 3.13. The van der Waals surface area contributed by atoms with Crippen LogP contribution in [0.3, 0.4) is 0 Å². The van der Waals surface area contributed by atoms with Gasteiger partial charge < -0.3 is 33.7 Å². The monoisotopic (exact) mass is 947 g/mol. The second-order valence-corrected chi connectivity index (χ2v) is 20.3. The number of ketones is 1. The standard InChI is InChI=1S/C54H65ClF3NO8/c1-32(2)40-17-11-34(4)25-49(40)67-51(62)59(30-36-13-16-39(64-6)29-48(36)65-7)31-53(63)24-22-44-41-18-12-35(26-38(60)15-10-33(3)9-8-23-52(44,53)5)27-42(41)50(61)47-21-20-46(66-47)43-28-37(54(56,57)58)14-19-45(43)55/h9,12-14,16,18-21,27-29,32,34,38,40,44,49,60,63H,8,10-11,15,17,22-26,30-31H2,1-7H3/t34-,38-,40+,44-,49-,52-,53+/m0/s1. The zero-order valence-corrected chi connectivity index (χ0v) is 40.4. The van der Waals surface area contributed by atoms with E-state index in [9.17, 15) is 33.0 Å². The number of nitrogens with zero attached hydrogens (tertiary/aromatic N) is 1. The fourth-order valence-corrected chi connectivity index (χ4v) is 11.2. The predicted octanol–water partition coefficient (Wildman–Crippen LogP) is 13.0. The summed E-state index contributed by atoms with van der Waals surface area (Å²) in [5, 5.41) is 24.6. The van der Waals surface area contributed by atoms with Crippen molar-refractivity contribution in [2.24, 2.45) is 23.2 Å². The Morgan fingerprint density at radius 2 is 1.75 bits per heavy atom. The lowest BCUT2D eigenvalue weighted by Crippen LogP contribution is -2.54. The fraction of sp³-hybridized carbons (Fsp3) is 0.519. The Morgan fingerprint density at radius 1 is 0.970 bits per heavy atom. The number of alkyl halides is 3. The Bertz CT molecular complexity index is 2450. The number of carbonyl (C=O) groups is 2. The number of hydrogen-bond acceptors (Lipinski definition) is 8. The molecule has 4 aromatic rings. The molecule has 3 aromatic carbocycles. The van der Waals surface area contributed by atoms with Crippen LogP contribution in [-0.4, -0.2) is 65.6 Å². The molecule has 2 N–H and O–H groups in total. The average Bonchev–Trinajstić information content (AvgIpc) is 3.87. The van der Waals surface area contributed by atoms with Crippen LogP contribution in [0.4, 0.5) is 18.0 Å². The lowest BCUT2D eigenvalue weighted by molar-refractivity contribution is -0.137. The van der Waals surface area contributed by atoms with Crippen LogP contribution in [0.2, 0.25) is 5.02 Å². The summed E-state index contributed by atoms with van der Waals surface area (Å²) in [4.78, 5) is 31.3. The van der Waals surface area contributed by atoms with Crippen LogP contribution < -0.4 is 9.47 Å². The van der Waals surface area contributed by atoms with E-state index < -0.39 is 46.7 Å². The summed E-state index contributed by atoms with van der Waals surface area (Å²) in [6, 6.07) is 16.8. The van der Waals surface area contributed by atoms with Crippen LogP contribution in [0, 0.1) is 23.2 Å². The van der Waals surface area contributed by atoms with Crippen molar-refractivity contribution in [1.82, 2.24) is 4.90 Å². The molecule has 362 valence electrons. The molecule has 7 atom stereocenters. The van der Waals surface area contributed by atoms with E-state index in [-0.39, 0.29) is 53.6 Å². The van der Waals surface area contributed by atoms with Gasteiger partial charge in [-0.15, -0.1) is 0 Å². The number of fused-ring (bicyclic) bond motifs is 8. The van der Waals surface area contributed by atoms with Crippen LogP contribution in [0.25, 0.3) is 11.3 Å². The van der Waals surface area contributed by atoms with E-state index in [2.05, 4.69) is 26.8 Å². The van der Waals surface area contributed by atoms with Gasteiger partial charge in [0, 0.05) is 28.2 Å². The van der Waals surface area contributed by atoms with Gasteiger partial charge in [-0.05, 0) is 148 Å². The Labute approximate surface area is 397 Å². The van der Waals surface area contributed by atoms with Crippen molar-refractivity contribution in [1.29, 1.82) is 0 Å². The molecule has 4 aliphatic rings. The molecule has 4 aliphatic carbocycles. The van der Waals surface area contributed by atoms with Crippen molar-refractivity contribution >= 4 is 23.5 Å². The molecule has 2 bridgehead atoms. The molecule has 8 rings (SSSR count). The van der Waals surface area contributed by atoms with E-state index in [0.717, 1.165) is 48.6 Å². The van der Waals surface area contributed by atoms with Gasteiger partial charge in [-0.2, -0.15) is 13.2 Å². The second kappa shape index (κ2) is 20.4. The van der Waals surface area contributed by atoms with Gasteiger partial charge >= 0.3 is 12.3 Å². The third kappa shape index (κ3) is 10.9. The Kier molecular flexibility index (Phi) is 15.3. The Morgan fingerprint density at radius 3 is 2.46 bits per heavy atom. The number of halogens is 4. The maximum absolute atomic E-state index is 14.9. The van der Waals surface area contributed by atoms with E-state index in [0.29, 0.717) is 78.6 Å². The summed E-state index contributed by atoms with van der Waals surface area (Å²) in [5.41, 5.74) is 0.190. The second-order valence-electron chi connectivity index (χ2n) is 19.9. The lowest BCUT2D eigenvalue weighted by Gasteiger charge is -2.46. The SMILES string of the molecule is COc1ccc(CN(C[C@]2(O)CC[C@H]3c4ccc(cc4C(=O)c4ccc(-c5cc(C(F)(F)F)ccc5Cl)o4)C[C@@H](O)CCC(C)=CCC[C@@]32C)C(=O)O[C@H]2C[C@@H](C)CC[C@@H]2C(C)C)c(OC)c1. The summed E-state index contributed by atoms with van der Waals surface area (Å²) in [6.45, 7) is 10.6. The number of rotatable bonds is 11. The van der Waals surface area contributed by atoms with Crippen LogP contribution in [0.1, 0.15) is 137 Å². The number of aliphatic hydroxyl groups is 2. The first-order chi connectivity index (χ1) is 31.7. The number of benzene rings is 3. The first kappa shape index (κ1) is 50.1. The lowest BCUT2D eigenvalue weighted by atomic mass is 9.64. The maximum atomic E-state index is 14.9. The molecular formula is C54H65ClF3NO8. The number of furan rings is 1. The van der Waals surface area contributed by atoms with Crippen LogP contribution in [0.5, 0.6) is 11.5 Å². The van der Waals surface area contributed by atoms with E-state index in [1.807, 2.05) is 38.1 Å². The molecule has 1 aromatic heterocycles. The predicted molar refractivity (Wildman–Crippen MR) is 253 cm³/mol. The molecule has 0 spiro atoms. The van der Waals surface area contributed by atoms with Gasteiger partial charge in [0.25, 0.3) is 0 Å². The number of aliphatic hydroxyl groups excluding tert-OH is 1. The van der Waals surface area contributed by atoms with Gasteiger partial charge in [0.2, 0.25) is 5.78 Å². The molecule has 2 fully saturated rings. The minimum Gasteiger partial charge on any atom is -0.497 e. The van der Waals surface area contributed by atoms with Crippen LogP contribution in [0.15, 0.2) is 82.8 Å². The van der Waals surface area contributed by atoms with Crippen molar-refractivity contribution in [2.45, 2.75) is 135 Å². The highest BCUT2D eigenvalue weighted by molar-refractivity contribution is 6.33. The number of amides is 1. The number of hydrogen-bond donors (Lipinski definition) is 2. The van der Waals surface area contributed by atoms with Gasteiger partial charge in [-0.25, -0.2) is 4.79 Å². The molecule has 67 heavy (non-hydrogen) atoms. The molecule has 0 unspecified atom stereocenters. The first-order valence-corrected chi connectivity index (χ1v) is 24.0. The normalized spacial score (nSPS) is 25.8. The van der Waals surface area contributed by atoms with Crippen LogP contribution in [-0.2, 0) is 23.9 Å². The van der Waals surface area contributed by atoms with Crippen LogP contribution >= 0.6 is 11.6 Å². The topological polar surface area (TPSA) is 119 Å². The molecule has 2 saturated carbocycles. The smallest absolute Gasteiger partial charge is 0.416 e. The van der Waals surface area contributed by atoms with E-state index in [1.165, 1.54) is 12.1 Å². The fourth-order valence-electron chi connectivity index (χ4n) is 11.0. The highest BCUT2D eigenvalue weighted by atomic mass is 35.5. The van der Waals surface area contributed by atoms with Crippen molar-refractivity contribution < 1.29 is 51.6 Å². The summed E-state index contributed by atoms with van der Waals surface area (Å²) >= 11 is 6.39. The zero-order valence-electron chi connectivity index (χ0n) is 39.7. The number of allylic oxidation sites excluding steroid dienone is 2. The first-order valence-electron chi connectivity index (χ1n) is 23.6. The molecule has 1 heterocycles. The summed E-state index contributed by atoms with van der Waals surface area (Å²) in [5.74, 6) is 0.992. The van der Waals surface area contributed by atoms with Crippen molar-refractivity contribution in [3.8, 4) is 22.8 Å². The highest BCUT2D eigenvalue weighted by Crippen LogP contribution is 2.59. The van der Waals surface area contributed by atoms with E-state index in [4.69, 9.17) is 30.2 Å². The molecular weight excluding hydrogens is 883 g/mol. The summed E-state index contributed by atoms with van der Waals surface area (Å²) in [6.07, 6.45) is 2.08. The van der Waals surface area contributed by atoms with Gasteiger partial charge in [-0.3, -0.25) is 4.79 Å². The van der Waals surface area contributed by atoms with Gasteiger partial charge in [0.1, 0.15) is 23.4 Å². The number of methoxy groups -OCH3 is 2. The van der Waals surface area contributed by atoms with Gasteiger partial charge in [-0.1, -0.05) is 69.5 Å². The molecule has 13 heteroatoms. The van der Waals surface area contributed by atoms with E-state index in [1.54, 1.807) is 31.3 Å². The molecule has 1 amide bonds. The average molecular weight is 949 g/mol. The van der Waals surface area contributed by atoms with Gasteiger partial charge in [0.15, 0.2) is 5.76 Å². The maximum Gasteiger partial charge on any atom is 0.416 e. The molecule has 0 saturated heterocycles. The summed E-state index contributed by atoms with van der Waals surface area (Å²) < 4.78 is 65.1. The zero-order chi connectivity index (χ0) is 48.4. The largest absolute Gasteiger partial charge is 0.497 e. The quantitative estimate of drug-likeness (QED) is 0.113. The van der Waals surface area contributed by atoms with Crippen molar-refractivity contribution in [2.75, 3.05) is 20.8 Å². The molecule has 0 radical (unpaired) electrons. The van der Waals surface area contributed by atoms with Crippen molar-refractivity contribution in [3.63, 3.8) is 0 Å². The van der Waals surface area contributed by atoms with Crippen molar-refractivity contribution in [3.05, 3.63) is 117 Å². The minimum absolute atomic E-state index is 0.000165.